The average Bonchev–Trinajstić information content (AvgIpc) is 3.44. The number of hydrogen-bond donors (Lipinski definition) is 2. The minimum absolute atomic E-state index is 0.480. The van der Waals surface area contributed by atoms with Crippen LogP contribution in [0.3, 0.4) is 0 Å². The summed E-state index contributed by atoms with van der Waals surface area (Å²) >= 11 is 1.85. The number of nitrogens with zero attached hydrogens (tertiary/aromatic N) is 1. The van der Waals surface area contributed by atoms with E-state index in [0.29, 0.717) is 5.46 Å². The molecule has 0 saturated carbocycles. The molecule has 5 aromatic carbocycles. The molecule has 0 amide bonds. The molecule has 2 aromatic heterocycles. The van der Waals surface area contributed by atoms with Crippen LogP contribution in [0.15, 0.2) is 109 Å². The van der Waals surface area contributed by atoms with Crippen molar-refractivity contribution in [1.29, 1.82) is 0 Å². The molecule has 0 fully saturated rings. The van der Waals surface area contributed by atoms with E-state index in [2.05, 4.69) is 89.5 Å². The number of para-hydroxylation sites is 1. The largest absolute Gasteiger partial charge is 0.488 e. The summed E-state index contributed by atoms with van der Waals surface area (Å²) < 4.78 is 4.86. The summed E-state index contributed by atoms with van der Waals surface area (Å²) in [7, 11) is -1.47. The highest BCUT2D eigenvalue weighted by Gasteiger charge is 2.16. The molecule has 0 atom stereocenters. The summed E-state index contributed by atoms with van der Waals surface area (Å²) in [5.41, 5.74) is 6.17. The van der Waals surface area contributed by atoms with E-state index in [4.69, 9.17) is 0 Å². The van der Waals surface area contributed by atoms with Gasteiger partial charge in [0.05, 0.1) is 11.0 Å². The minimum atomic E-state index is -1.47. The van der Waals surface area contributed by atoms with Gasteiger partial charge in [-0.2, -0.15) is 0 Å². The Labute approximate surface area is 206 Å². The highest BCUT2D eigenvalue weighted by Crippen LogP contribution is 2.41. The third kappa shape index (κ3) is 3.13. The summed E-state index contributed by atoms with van der Waals surface area (Å²) in [6.07, 6.45) is 0. The van der Waals surface area contributed by atoms with Gasteiger partial charge in [-0.25, -0.2) is 0 Å². The van der Waals surface area contributed by atoms with E-state index in [1.165, 1.54) is 42.1 Å². The third-order valence-corrected chi connectivity index (χ3v) is 8.06. The molecule has 35 heavy (non-hydrogen) atoms. The first-order valence-corrected chi connectivity index (χ1v) is 12.4. The van der Waals surface area contributed by atoms with Crippen LogP contribution in [-0.2, 0) is 0 Å². The van der Waals surface area contributed by atoms with Gasteiger partial charge < -0.3 is 14.6 Å². The molecule has 5 heteroatoms. The summed E-state index contributed by atoms with van der Waals surface area (Å²) in [6, 6.07) is 37.8. The SMILES string of the molecule is OB(O)c1ccc(-n2c3ccccc3c3cc(-c4cccc5c4sc4ccccc45)ccc32)cc1. The van der Waals surface area contributed by atoms with Crippen LogP contribution in [0.5, 0.6) is 0 Å². The van der Waals surface area contributed by atoms with E-state index < -0.39 is 7.12 Å². The second-order valence-corrected chi connectivity index (χ2v) is 9.88. The van der Waals surface area contributed by atoms with Crippen LogP contribution in [0.4, 0.5) is 0 Å². The maximum Gasteiger partial charge on any atom is 0.488 e. The van der Waals surface area contributed by atoms with Gasteiger partial charge in [0.25, 0.3) is 0 Å². The van der Waals surface area contributed by atoms with Gasteiger partial charge >= 0.3 is 7.12 Å². The smallest absolute Gasteiger partial charge is 0.423 e. The molecule has 0 aliphatic carbocycles. The first kappa shape index (κ1) is 20.5. The summed E-state index contributed by atoms with van der Waals surface area (Å²) in [6.45, 7) is 0. The zero-order chi connectivity index (χ0) is 23.5. The molecule has 2 N–H and O–H groups in total. The van der Waals surface area contributed by atoms with Crippen LogP contribution in [-0.4, -0.2) is 21.7 Å². The summed E-state index contributed by atoms with van der Waals surface area (Å²) in [5.74, 6) is 0. The lowest BCUT2D eigenvalue weighted by Gasteiger charge is -2.10. The summed E-state index contributed by atoms with van der Waals surface area (Å²) in [4.78, 5) is 0. The Morgan fingerprint density at radius 3 is 2.14 bits per heavy atom. The Morgan fingerprint density at radius 2 is 1.31 bits per heavy atom. The lowest BCUT2D eigenvalue weighted by molar-refractivity contribution is 0.426. The fourth-order valence-corrected chi connectivity index (χ4v) is 6.43. The van der Waals surface area contributed by atoms with Crippen LogP contribution in [0.25, 0.3) is 58.8 Å². The quantitative estimate of drug-likeness (QED) is 0.290. The predicted molar refractivity (Wildman–Crippen MR) is 149 cm³/mol. The van der Waals surface area contributed by atoms with Crippen LogP contribution in [0.1, 0.15) is 0 Å². The van der Waals surface area contributed by atoms with E-state index in [1.54, 1.807) is 12.1 Å². The number of aromatic nitrogens is 1. The zero-order valence-electron chi connectivity index (χ0n) is 18.7. The lowest BCUT2D eigenvalue weighted by atomic mass is 9.80. The Bertz CT molecular complexity index is 1880. The Morgan fingerprint density at radius 1 is 0.600 bits per heavy atom. The highest BCUT2D eigenvalue weighted by molar-refractivity contribution is 7.26. The van der Waals surface area contributed by atoms with E-state index in [-0.39, 0.29) is 0 Å². The van der Waals surface area contributed by atoms with E-state index >= 15 is 0 Å². The van der Waals surface area contributed by atoms with Crippen LogP contribution >= 0.6 is 11.3 Å². The third-order valence-electron chi connectivity index (χ3n) is 6.84. The topological polar surface area (TPSA) is 45.4 Å². The van der Waals surface area contributed by atoms with Crippen molar-refractivity contribution in [2.45, 2.75) is 0 Å². The second-order valence-electron chi connectivity index (χ2n) is 8.83. The Hall–Kier alpha value is -3.90. The molecule has 0 unspecified atom stereocenters. The molecule has 2 heterocycles. The van der Waals surface area contributed by atoms with Crippen molar-refractivity contribution in [3.63, 3.8) is 0 Å². The van der Waals surface area contributed by atoms with Crippen molar-refractivity contribution in [3.05, 3.63) is 109 Å². The number of thiophene rings is 1. The van der Waals surface area contributed by atoms with Gasteiger partial charge in [0.15, 0.2) is 0 Å². The Kier molecular flexibility index (Phi) is 4.58. The molecule has 3 nitrogen and oxygen atoms in total. The van der Waals surface area contributed by atoms with Crippen molar-refractivity contribution in [2.75, 3.05) is 0 Å². The number of hydrogen-bond acceptors (Lipinski definition) is 3. The predicted octanol–water partition coefficient (Wildman–Crippen LogP) is 6.50. The van der Waals surface area contributed by atoms with Crippen LogP contribution < -0.4 is 5.46 Å². The maximum absolute atomic E-state index is 9.50. The van der Waals surface area contributed by atoms with E-state index in [9.17, 15) is 10.0 Å². The molecule has 0 aliphatic heterocycles. The fourth-order valence-electron chi connectivity index (χ4n) is 5.19. The molecule has 0 aliphatic rings. The minimum Gasteiger partial charge on any atom is -0.423 e. The van der Waals surface area contributed by atoms with Gasteiger partial charge in [0.2, 0.25) is 0 Å². The van der Waals surface area contributed by atoms with Crippen molar-refractivity contribution in [2.24, 2.45) is 0 Å². The molecule has 7 aromatic rings. The average molecular weight is 469 g/mol. The first-order chi connectivity index (χ1) is 17.2. The molecule has 0 spiro atoms. The zero-order valence-corrected chi connectivity index (χ0v) is 19.5. The number of rotatable bonds is 3. The standard InChI is InChI=1S/C30H20BNO2S/c33-31(34)20-13-15-21(16-14-20)32-27-10-3-1-6-23(27)26-18-19(12-17-28(26)32)22-8-5-9-25-24-7-2-4-11-29(24)35-30(22)25/h1-18,33-34H. The molecular weight excluding hydrogens is 449 g/mol. The van der Waals surface area contributed by atoms with E-state index in [0.717, 1.165) is 16.7 Å². The van der Waals surface area contributed by atoms with Gasteiger partial charge in [-0.15, -0.1) is 11.3 Å². The molecule has 7 rings (SSSR count). The summed E-state index contributed by atoms with van der Waals surface area (Å²) in [5, 5.41) is 24.0. The maximum atomic E-state index is 9.50. The molecule has 0 saturated heterocycles. The van der Waals surface area contributed by atoms with Crippen LogP contribution in [0.2, 0.25) is 0 Å². The molecule has 166 valence electrons. The van der Waals surface area contributed by atoms with Gasteiger partial charge in [-0.1, -0.05) is 72.8 Å². The number of benzene rings is 5. The first-order valence-electron chi connectivity index (χ1n) is 11.6. The normalized spacial score (nSPS) is 11.7. The van der Waals surface area contributed by atoms with E-state index in [1.807, 2.05) is 23.5 Å². The van der Waals surface area contributed by atoms with Crippen molar-refractivity contribution in [1.82, 2.24) is 4.57 Å². The molecular formula is C30H20BNO2S. The second kappa shape index (κ2) is 7.82. The van der Waals surface area contributed by atoms with Crippen LogP contribution in [0, 0.1) is 0 Å². The highest BCUT2D eigenvalue weighted by atomic mass is 32.1. The van der Waals surface area contributed by atoms with Gasteiger partial charge in [0.1, 0.15) is 0 Å². The van der Waals surface area contributed by atoms with Gasteiger partial charge in [-0.3, -0.25) is 0 Å². The molecule has 0 bridgehead atoms. The Balaban J connectivity index is 1.47. The van der Waals surface area contributed by atoms with Crippen molar-refractivity contribution < 1.29 is 10.0 Å². The fraction of sp³-hybridized carbons (Fsp3) is 0. The van der Waals surface area contributed by atoms with Crippen molar-refractivity contribution >= 4 is 65.9 Å². The van der Waals surface area contributed by atoms with Crippen molar-refractivity contribution in [3.8, 4) is 16.8 Å². The molecule has 0 radical (unpaired) electrons. The van der Waals surface area contributed by atoms with Gasteiger partial charge in [0, 0.05) is 36.6 Å². The lowest BCUT2D eigenvalue weighted by Crippen LogP contribution is -2.29. The number of fused-ring (bicyclic) bond motifs is 6. The van der Waals surface area contributed by atoms with Gasteiger partial charge in [-0.05, 0) is 53.0 Å². The monoisotopic (exact) mass is 469 g/mol.